The molecular formula is C47H82O6. The Labute approximate surface area is 326 Å². The third-order valence-electron chi connectivity index (χ3n) is 12.9. The lowest BCUT2D eigenvalue weighted by molar-refractivity contribution is -0.135. The molecule has 0 heterocycles. The van der Waals surface area contributed by atoms with Crippen molar-refractivity contribution in [3.63, 3.8) is 0 Å². The van der Waals surface area contributed by atoms with Gasteiger partial charge in [0.05, 0.1) is 28.9 Å². The summed E-state index contributed by atoms with van der Waals surface area (Å²) in [7, 11) is 0. The maximum absolute atomic E-state index is 12.5. The summed E-state index contributed by atoms with van der Waals surface area (Å²) in [5.41, 5.74) is 1.35. The number of carboxylic acid groups (broad SMARTS) is 1. The molecule has 0 aliphatic heterocycles. The number of hydrogen-bond donors (Lipinski definition) is 1. The molecule has 53 heavy (non-hydrogen) atoms. The fraction of sp³-hybridized carbons (Fsp3) is 0.787. The van der Waals surface area contributed by atoms with Gasteiger partial charge in [-0.3, -0.25) is 0 Å². The molecule has 6 nitrogen and oxygen atoms in total. The minimum atomic E-state index is -1.12. The normalized spacial score (nSPS) is 15.3. The summed E-state index contributed by atoms with van der Waals surface area (Å²) >= 11 is 0. The highest BCUT2D eigenvalue weighted by Crippen LogP contribution is 2.45. The smallest absolute Gasteiger partial charge is 0.339 e. The van der Waals surface area contributed by atoms with Gasteiger partial charge < -0.3 is 19.3 Å². The first-order valence-corrected chi connectivity index (χ1v) is 21.2. The van der Waals surface area contributed by atoms with Crippen LogP contribution in [0.25, 0.3) is 0 Å². The van der Waals surface area contributed by atoms with Crippen molar-refractivity contribution in [1.29, 1.82) is 0 Å². The number of carbonyl (C=O) groups is 2. The molecule has 0 spiro atoms. The molecule has 0 fully saturated rings. The van der Waals surface area contributed by atoms with E-state index in [-0.39, 0.29) is 39.8 Å². The van der Waals surface area contributed by atoms with Crippen LogP contribution < -0.4 is 0 Å². The number of hydrogen-bond acceptors (Lipinski definition) is 5. The van der Waals surface area contributed by atoms with Crippen molar-refractivity contribution >= 4 is 11.9 Å². The van der Waals surface area contributed by atoms with Gasteiger partial charge in [0.1, 0.15) is 0 Å². The summed E-state index contributed by atoms with van der Waals surface area (Å²) in [6, 6.07) is 6.20. The van der Waals surface area contributed by atoms with Gasteiger partial charge >= 0.3 is 11.9 Å². The van der Waals surface area contributed by atoms with Crippen molar-refractivity contribution in [1.82, 2.24) is 0 Å². The molecule has 0 aliphatic carbocycles. The lowest BCUT2D eigenvalue weighted by Gasteiger charge is -2.46. The predicted octanol–water partition coefficient (Wildman–Crippen LogP) is 13.5. The van der Waals surface area contributed by atoms with Gasteiger partial charge in [0, 0.05) is 13.2 Å². The Bertz CT molecular complexity index is 1220. The zero-order valence-corrected chi connectivity index (χ0v) is 36.6. The number of allylic oxidation sites excluding steroid dienone is 2. The van der Waals surface area contributed by atoms with Gasteiger partial charge in [0.15, 0.2) is 0 Å². The van der Waals surface area contributed by atoms with Crippen molar-refractivity contribution in [2.75, 3.05) is 19.8 Å². The monoisotopic (exact) mass is 743 g/mol. The molecule has 1 aromatic rings. The number of benzene rings is 1. The second-order valence-corrected chi connectivity index (χ2v) is 18.1. The van der Waals surface area contributed by atoms with E-state index in [9.17, 15) is 14.7 Å². The third kappa shape index (κ3) is 16.2. The van der Waals surface area contributed by atoms with Crippen molar-refractivity contribution in [3.8, 4) is 0 Å². The molecule has 1 aromatic carbocycles. The van der Waals surface area contributed by atoms with Crippen molar-refractivity contribution in [2.45, 2.75) is 191 Å². The maximum atomic E-state index is 12.5. The lowest BCUT2D eigenvalue weighted by Crippen LogP contribution is -2.46. The average Bonchev–Trinajstić information content (AvgIpc) is 3.09. The van der Waals surface area contributed by atoms with E-state index in [2.05, 4.69) is 96.1 Å². The molecule has 0 aliphatic rings. The standard InChI is InChI=1S/C47H82O6/c1-14-46(13,52-34-29-37(6)23-19-22-36(4)5)44(9,10)31-20-24-39(8)30-35-53-47(15-2,16-3)45(11,12)32-21-25-38(7)28-33-51-43(50)41-27-18-17-26-40(41)42(48)49/h17-18,22,26-27,37-39H,14-16,19-21,23-25,28-35H2,1-13H3,(H,48,49). The predicted molar refractivity (Wildman–Crippen MR) is 223 cm³/mol. The van der Waals surface area contributed by atoms with Gasteiger partial charge in [-0.25, -0.2) is 9.59 Å². The molecule has 6 heteroatoms. The highest BCUT2D eigenvalue weighted by atomic mass is 16.5. The van der Waals surface area contributed by atoms with Crippen molar-refractivity contribution in [3.05, 3.63) is 47.0 Å². The van der Waals surface area contributed by atoms with Crippen LogP contribution in [-0.2, 0) is 14.2 Å². The summed E-state index contributed by atoms with van der Waals surface area (Å²) in [6.45, 7) is 31.9. The molecule has 0 saturated heterocycles. The van der Waals surface area contributed by atoms with E-state index >= 15 is 0 Å². The highest BCUT2D eigenvalue weighted by Gasteiger charge is 2.43. The fourth-order valence-electron chi connectivity index (χ4n) is 7.97. The topological polar surface area (TPSA) is 82.1 Å². The summed E-state index contributed by atoms with van der Waals surface area (Å²) in [5, 5.41) is 9.37. The first kappa shape index (κ1) is 48.8. The molecule has 1 N–H and O–H groups in total. The zero-order chi connectivity index (χ0) is 40.3. The molecule has 306 valence electrons. The van der Waals surface area contributed by atoms with Crippen LogP contribution in [0.4, 0.5) is 0 Å². The molecule has 0 aromatic heterocycles. The Morgan fingerprint density at radius 1 is 0.679 bits per heavy atom. The highest BCUT2D eigenvalue weighted by molar-refractivity contribution is 6.02. The van der Waals surface area contributed by atoms with Crippen molar-refractivity contribution in [2.24, 2.45) is 28.6 Å². The largest absolute Gasteiger partial charge is 0.478 e. The molecule has 4 unspecified atom stereocenters. The van der Waals surface area contributed by atoms with E-state index in [1.54, 1.807) is 12.1 Å². The molecular weight excluding hydrogens is 661 g/mol. The molecule has 0 amide bonds. The van der Waals surface area contributed by atoms with Crippen molar-refractivity contribution < 1.29 is 28.9 Å². The Morgan fingerprint density at radius 2 is 1.17 bits per heavy atom. The van der Waals surface area contributed by atoms with Crippen LogP contribution in [0.2, 0.25) is 0 Å². The fourth-order valence-corrected chi connectivity index (χ4v) is 7.97. The Kier molecular flexibility index (Phi) is 21.8. The molecule has 0 radical (unpaired) electrons. The summed E-state index contributed by atoms with van der Waals surface area (Å²) in [6.07, 6.45) is 17.5. The SMILES string of the molecule is CCC(C)(OCCC(C)CCC=C(C)C)C(C)(C)CCCC(C)CCOC(CC)(CC)C(C)(C)CCCC(C)CCOC(=O)c1ccccc1C(=O)O. The minimum absolute atomic E-state index is 0.0260. The van der Waals surface area contributed by atoms with E-state index in [0.717, 1.165) is 71.0 Å². The molecule has 1 rings (SSSR count). The van der Waals surface area contributed by atoms with Crippen LogP contribution in [0.1, 0.15) is 201 Å². The van der Waals surface area contributed by atoms with Crippen LogP contribution in [0.5, 0.6) is 0 Å². The first-order valence-electron chi connectivity index (χ1n) is 21.2. The van der Waals surface area contributed by atoms with Crippen LogP contribution in [-0.4, -0.2) is 48.1 Å². The van der Waals surface area contributed by atoms with Crippen LogP contribution >= 0.6 is 0 Å². The van der Waals surface area contributed by atoms with Gasteiger partial charge in [-0.15, -0.1) is 0 Å². The Balaban J connectivity index is 2.53. The third-order valence-corrected chi connectivity index (χ3v) is 12.9. The molecule has 4 atom stereocenters. The number of carboxylic acids is 1. The van der Waals surface area contributed by atoms with Crippen LogP contribution in [0.15, 0.2) is 35.9 Å². The second kappa shape index (κ2) is 23.7. The van der Waals surface area contributed by atoms with E-state index in [4.69, 9.17) is 14.2 Å². The quantitative estimate of drug-likeness (QED) is 0.0650. The number of carbonyl (C=O) groups excluding carboxylic acids is 1. The lowest BCUT2D eigenvalue weighted by atomic mass is 9.68. The maximum Gasteiger partial charge on any atom is 0.339 e. The van der Waals surface area contributed by atoms with Gasteiger partial charge in [-0.1, -0.05) is 119 Å². The minimum Gasteiger partial charge on any atom is -0.478 e. The summed E-state index contributed by atoms with van der Waals surface area (Å²) < 4.78 is 19.0. The second-order valence-electron chi connectivity index (χ2n) is 18.1. The van der Waals surface area contributed by atoms with Gasteiger partial charge in [0.2, 0.25) is 0 Å². The number of rotatable bonds is 29. The van der Waals surface area contributed by atoms with E-state index in [1.807, 2.05) is 0 Å². The Hall–Kier alpha value is -2.18. The van der Waals surface area contributed by atoms with E-state index in [1.165, 1.54) is 49.8 Å². The number of aromatic carboxylic acids is 1. The number of ether oxygens (including phenoxy) is 3. The molecule has 0 saturated carbocycles. The number of esters is 1. The average molecular weight is 743 g/mol. The summed E-state index contributed by atoms with van der Waals surface area (Å²) in [4.78, 5) is 24.0. The van der Waals surface area contributed by atoms with Crippen LogP contribution in [0.3, 0.4) is 0 Å². The summed E-state index contributed by atoms with van der Waals surface area (Å²) in [5.74, 6) is -0.00998. The van der Waals surface area contributed by atoms with Gasteiger partial charge in [-0.05, 0) is 126 Å². The Morgan fingerprint density at radius 3 is 1.68 bits per heavy atom. The van der Waals surface area contributed by atoms with Gasteiger partial charge in [-0.2, -0.15) is 0 Å². The van der Waals surface area contributed by atoms with Crippen LogP contribution in [0, 0.1) is 28.6 Å². The van der Waals surface area contributed by atoms with E-state index in [0.29, 0.717) is 17.8 Å². The van der Waals surface area contributed by atoms with Gasteiger partial charge in [0.25, 0.3) is 0 Å². The first-order chi connectivity index (χ1) is 24.8. The zero-order valence-electron chi connectivity index (χ0n) is 36.6. The van der Waals surface area contributed by atoms with E-state index < -0.39 is 11.9 Å². The molecule has 0 bridgehead atoms.